The third kappa shape index (κ3) is 6.89. The minimum absolute atomic E-state index is 0.0966. The molecule has 0 aliphatic carbocycles. The third-order valence-corrected chi connectivity index (χ3v) is 2.68. The number of alkyl carbamates (subject to hydrolysis) is 1. The summed E-state index contributed by atoms with van der Waals surface area (Å²) < 4.78 is 48.1. The van der Waals surface area contributed by atoms with Gasteiger partial charge >= 0.3 is 12.3 Å². The van der Waals surface area contributed by atoms with Gasteiger partial charge in [-0.3, -0.25) is 0 Å². The van der Waals surface area contributed by atoms with Crippen LogP contribution >= 0.6 is 0 Å². The first-order valence-corrected chi connectivity index (χ1v) is 7.27. The van der Waals surface area contributed by atoms with Crippen molar-refractivity contribution in [1.82, 2.24) is 10.3 Å². The van der Waals surface area contributed by atoms with Gasteiger partial charge in [0.25, 0.3) is 0 Å². The van der Waals surface area contributed by atoms with Gasteiger partial charge in [-0.1, -0.05) is 12.2 Å². The van der Waals surface area contributed by atoms with Gasteiger partial charge in [0, 0.05) is 18.3 Å². The maximum Gasteiger partial charge on any atom is 0.417 e. The number of methoxy groups -OCH3 is 1. The molecule has 24 heavy (non-hydrogen) atoms. The molecule has 1 heterocycles. The zero-order valence-electron chi connectivity index (χ0n) is 14.0. The van der Waals surface area contributed by atoms with E-state index in [4.69, 9.17) is 9.47 Å². The van der Waals surface area contributed by atoms with Crippen LogP contribution in [0.4, 0.5) is 18.0 Å². The second kappa shape index (κ2) is 8.03. The van der Waals surface area contributed by atoms with E-state index in [1.54, 1.807) is 26.8 Å². The average molecular weight is 346 g/mol. The fourth-order valence-electron chi connectivity index (χ4n) is 1.70. The molecule has 1 N–H and O–H groups in total. The highest BCUT2D eigenvalue weighted by atomic mass is 19.4. The average Bonchev–Trinajstić information content (AvgIpc) is 2.43. The molecule has 1 aromatic rings. The maximum absolute atomic E-state index is 12.7. The van der Waals surface area contributed by atoms with E-state index in [9.17, 15) is 18.0 Å². The molecule has 0 fully saturated rings. The molecule has 0 unspecified atom stereocenters. The number of rotatable bonds is 5. The lowest BCUT2D eigenvalue weighted by molar-refractivity contribution is -0.137. The first-order valence-electron chi connectivity index (χ1n) is 7.27. The molecule has 0 spiro atoms. The number of alkyl halides is 3. The van der Waals surface area contributed by atoms with Gasteiger partial charge in [-0.05, 0) is 33.3 Å². The predicted octanol–water partition coefficient (Wildman–Crippen LogP) is 4.04. The van der Waals surface area contributed by atoms with Crippen molar-refractivity contribution in [3.8, 4) is 5.88 Å². The Morgan fingerprint density at radius 3 is 2.54 bits per heavy atom. The normalized spacial score (nSPS) is 12.3. The molecule has 1 aromatic heterocycles. The van der Waals surface area contributed by atoms with Crippen LogP contribution in [0.2, 0.25) is 0 Å². The second-order valence-electron chi connectivity index (χ2n) is 5.94. The Morgan fingerprint density at radius 1 is 1.33 bits per heavy atom. The van der Waals surface area contributed by atoms with Crippen LogP contribution in [0.5, 0.6) is 5.88 Å². The number of hydrogen-bond donors (Lipinski definition) is 1. The summed E-state index contributed by atoms with van der Waals surface area (Å²) in [5.74, 6) is 0.0966. The number of nitrogens with one attached hydrogen (secondary N) is 1. The molecule has 0 saturated heterocycles. The van der Waals surface area contributed by atoms with Crippen molar-refractivity contribution < 1.29 is 27.4 Å². The molecule has 0 aliphatic heterocycles. The van der Waals surface area contributed by atoms with Crippen molar-refractivity contribution in [1.29, 1.82) is 0 Å². The highest BCUT2D eigenvalue weighted by molar-refractivity contribution is 5.67. The quantitative estimate of drug-likeness (QED) is 0.818. The zero-order chi connectivity index (χ0) is 18.4. The summed E-state index contributed by atoms with van der Waals surface area (Å²) in [6, 6.07) is 0.962. The molecule has 5 nitrogen and oxygen atoms in total. The summed E-state index contributed by atoms with van der Waals surface area (Å²) >= 11 is 0. The molecule has 0 aromatic carbocycles. The summed E-state index contributed by atoms with van der Waals surface area (Å²) in [6.45, 7) is 5.54. The van der Waals surface area contributed by atoms with Crippen LogP contribution in [0.3, 0.4) is 0 Å². The van der Waals surface area contributed by atoms with Crippen molar-refractivity contribution in [3.05, 3.63) is 29.5 Å². The van der Waals surface area contributed by atoms with E-state index >= 15 is 0 Å². The third-order valence-electron chi connectivity index (χ3n) is 2.68. The number of aromatic nitrogens is 1. The van der Waals surface area contributed by atoms with Gasteiger partial charge in [-0.2, -0.15) is 13.2 Å². The summed E-state index contributed by atoms with van der Waals surface area (Å²) in [5.41, 5.74) is -1.23. The van der Waals surface area contributed by atoms with Gasteiger partial charge < -0.3 is 14.8 Å². The number of amides is 1. The number of carbonyl (C=O) groups excluding carboxylic acids is 1. The Balaban J connectivity index is 2.62. The fourth-order valence-corrected chi connectivity index (χ4v) is 1.70. The van der Waals surface area contributed by atoms with Gasteiger partial charge in [0.15, 0.2) is 0 Å². The monoisotopic (exact) mass is 346 g/mol. The van der Waals surface area contributed by atoms with Crippen LogP contribution in [0, 0.1) is 0 Å². The molecule has 1 amide bonds. The number of pyridine rings is 1. The molecule has 8 heteroatoms. The molecule has 0 bridgehead atoms. The van der Waals surface area contributed by atoms with E-state index in [1.165, 1.54) is 13.2 Å². The fraction of sp³-hybridized carbons (Fsp3) is 0.500. The first kappa shape index (κ1) is 19.8. The molecule has 0 aliphatic rings. The van der Waals surface area contributed by atoms with Crippen LogP contribution in [0.1, 0.15) is 38.3 Å². The maximum atomic E-state index is 12.7. The number of carbonyl (C=O) groups is 1. The zero-order valence-corrected chi connectivity index (χ0v) is 14.0. The SMILES string of the molecule is COc1ncc(C(F)(F)F)cc1C=CCCNC(=O)OC(C)(C)C. The lowest BCUT2D eigenvalue weighted by atomic mass is 10.1. The molecule has 1 rings (SSSR count). The van der Waals surface area contributed by atoms with Crippen LogP contribution in [-0.4, -0.2) is 30.3 Å². The number of hydrogen-bond acceptors (Lipinski definition) is 4. The van der Waals surface area contributed by atoms with E-state index in [0.717, 1.165) is 12.3 Å². The van der Waals surface area contributed by atoms with Crippen LogP contribution in [-0.2, 0) is 10.9 Å². The van der Waals surface area contributed by atoms with Gasteiger partial charge in [-0.25, -0.2) is 9.78 Å². The smallest absolute Gasteiger partial charge is 0.417 e. The predicted molar refractivity (Wildman–Crippen MR) is 83.7 cm³/mol. The van der Waals surface area contributed by atoms with Gasteiger partial charge in [0.2, 0.25) is 5.88 Å². The molecule has 0 saturated carbocycles. The van der Waals surface area contributed by atoms with Crippen LogP contribution in [0.25, 0.3) is 6.08 Å². The van der Waals surface area contributed by atoms with Crippen molar-refractivity contribution in [2.45, 2.75) is 39.0 Å². The summed E-state index contributed by atoms with van der Waals surface area (Å²) in [6.07, 6.45) is -0.789. The van der Waals surface area contributed by atoms with Crippen molar-refractivity contribution in [3.63, 3.8) is 0 Å². The van der Waals surface area contributed by atoms with Crippen LogP contribution < -0.4 is 10.1 Å². The minimum atomic E-state index is -4.47. The standard InChI is InChI=1S/C16H21F3N2O3/c1-15(2,3)24-14(22)20-8-6-5-7-11-9-12(16(17,18)19)10-21-13(11)23-4/h5,7,9-10H,6,8H2,1-4H3,(H,20,22). The van der Waals surface area contributed by atoms with Crippen molar-refractivity contribution in [2.24, 2.45) is 0 Å². The minimum Gasteiger partial charge on any atom is -0.481 e. The Hall–Kier alpha value is -2.25. The largest absolute Gasteiger partial charge is 0.481 e. The van der Waals surface area contributed by atoms with Crippen LogP contribution in [0.15, 0.2) is 18.3 Å². The van der Waals surface area contributed by atoms with E-state index in [1.807, 2.05) is 0 Å². The Morgan fingerprint density at radius 2 is 2.00 bits per heavy atom. The van der Waals surface area contributed by atoms with E-state index in [2.05, 4.69) is 10.3 Å². The lowest BCUT2D eigenvalue weighted by Gasteiger charge is -2.19. The summed E-state index contributed by atoms with van der Waals surface area (Å²) in [4.78, 5) is 15.1. The number of nitrogens with zero attached hydrogens (tertiary/aromatic N) is 1. The molecule has 0 radical (unpaired) electrons. The first-order chi connectivity index (χ1) is 11.0. The van der Waals surface area contributed by atoms with Crippen molar-refractivity contribution >= 4 is 12.2 Å². The van der Waals surface area contributed by atoms with Gasteiger partial charge in [0.1, 0.15) is 5.60 Å². The van der Waals surface area contributed by atoms with E-state index < -0.39 is 23.4 Å². The summed E-state index contributed by atoms with van der Waals surface area (Å²) in [5, 5.41) is 2.55. The number of ether oxygens (including phenoxy) is 2. The Labute approximate surface area is 138 Å². The second-order valence-corrected chi connectivity index (χ2v) is 5.94. The molecular weight excluding hydrogens is 325 g/mol. The van der Waals surface area contributed by atoms with Crippen molar-refractivity contribution in [2.75, 3.05) is 13.7 Å². The molecule has 134 valence electrons. The van der Waals surface area contributed by atoms with Gasteiger partial charge in [-0.15, -0.1) is 0 Å². The number of halogens is 3. The highest BCUT2D eigenvalue weighted by Gasteiger charge is 2.31. The van der Waals surface area contributed by atoms with Gasteiger partial charge in [0.05, 0.1) is 12.7 Å². The summed E-state index contributed by atoms with van der Waals surface area (Å²) in [7, 11) is 1.33. The lowest BCUT2D eigenvalue weighted by Crippen LogP contribution is -2.32. The van der Waals surface area contributed by atoms with E-state index in [0.29, 0.717) is 13.0 Å². The molecule has 0 atom stereocenters. The Bertz CT molecular complexity index is 593. The van der Waals surface area contributed by atoms with E-state index in [-0.39, 0.29) is 11.4 Å². The topological polar surface area (TPSA) is 60.5 Å². The Kier molecular flexibility index (Phi) is 6.62. The highest BCUT2D eigenvalue weighted by Crippen LogP contribution is 2.31. The molecular formula is C16H21F3N2O3.